The molecule has 162 valence electrons. The van der Waals surface area contributed by atoms with Crippen molar-refractivity contribution in [3.8, 4) is 0 Å². The van der Waals surface area contributed by atoms with E-state index in [4.69, 9.17) is 20.1 Å². The minimum absolute atomic E-state index is 0.0316. The number of nitrogens with zero attached hydrogens (tertiary/aromatic N) is 4. The van der Waals surface area contributed by atoms with Gasteiger partial charge in [-0.3, -0.25) is 0 Å². The zero-order chi connectivity index (χ0) is 21.5. The lowest BCUT2D eigenvalue weighted by Gasteiger charge is -2.29. The third-order valence-electron chi connectivity index (χ3n) is 4.90. The van der Waals surface area contributed by atoms with E-state index in [1.165, 1.54) is 0 Å². The Hall–Kier alpha value is -2.78. The molecule has 9 heteroatoms. The molecular formula is C21H32N8O. The van der Waals surface area contributed by atoms with Gasteiger partial charge < -0.3 is 31.0 Å². The monoisotopic (exact) mass is 412 g/mol. The van der Waals surface area contributed by atoms with Gasteiger partial charge in [0.05, 0.1) is 12.3 Å². The summed E-state index contributed by atoms with van der Waals surface area (Å²) in [5.74, 6) is 1.97. The van der Waals surface area contributed by atoms with E-state index in [0.717, 1.165) is 31.7 Å². The van der Waals surface area contributed by atoms with Crippen LogP contribution in [0.1, 0.15) is 25.1 Å². The summed E-state index contributed by atoms with van der Waals surface area (Å²) in [6.45, 7) is 10.6. The lowest BCUT2D eigenvalue weighted by Crippen LogP contribution is -2.44. The molecule has 0 saturated carbocycles. The molecule has 1 saturated heterocycles. The Bertz CT molecular complexity index is 847. The van der Waals surface area contributed by atoms with Crippen LogP contribution in [-0.4, -0.2) is 67.1 Å². The number of nitrogens with one attached hydrogen (secondary N) is 4. The molecule has 3 heterocycles. The standard InChI is InChI=1S/C21H32N8O/c1-14(2)17(22)18-19(24-9-12-30-4)20(26-16-6-5-15(3)13-25-16)28-21(27-18)29-10-7-23-8-11-29/h5-6,13-14,22-24H,7-12H2,1-4H3,(H,25,26,27,28). The van der Waals surface area contributed by atoms with Crippen LogP contribution >= 0.6 is 0 Å². The van der Waals surface area contributed by atoms with Gasteiger partial charge in [-0.05, 0) is 24.5 Å². The molecular weight excluding hydrogens is 380 g/mol. The van der Waals surface area contributed by atoms with E-state index in [9.17, 15) is 0 Å². The van der Waals surface area contributed by atoms with E-state index in [2.05, 4.69) is 25.8 Å². The summed E-state index contributed by atoms with van der Waals surface area (Å²) in [6.07, 6.45) is 1.82. The Morgan fingerprint density at radius 1 is 1.27 bits per heavy atom. The summed E-state index contributed by atoms with van der Waals surface area (Å²) in [7, 11) is 1.66. The number of piperazine rings is 1. The number of hydrogen-bond donors (Lipinski definition) is 4. The van der Waals surface area contributed by atoms with Crippen LogP contribution in [0, 0.1) is 18.3 Å². The van der Waals surface area contributed by atoms with E-state index < -0.39 is 0 Å². The van der Waals surface area contributed by atoms with Crippen molar-refractivity contribution in [3.05, 3.63) is 29.6 Å². The number of anilines is 4. The van der Waals surface area contributed by atoms with Crippen LogP contribution in [0.15, 0.2) is 18.3 Å². The predicted octanol–water partition coefficient (Wildman–Crippen LogP) is 2.42. The molecule has 0 unspecified atom stereocenters. The number of ether oxygens (including phenoxy) is 1. The molecule has 1 aliphatic rings. The second-order valence-corrected chi connectivity index (χ2v) is 7.67. The molecule has 1 fully saturated rings. The number of hydrogen-bond acceptors (Lipinski definition) is 9. The van der Waals surface area contributed by atoms with Crippen LogP contribution < -0.4 is 20.9 Å². The Kier molecular flexibility index (Phi) is 7.53. The van der Waals surface area contributed by atoms with Gasteiger partial charge in [0.25, 0.3) is 0 Å². The molecule has 0 atom stereocenters. The van der Waals surface area contributed by atoms with Crippen molar-refractivity contribution in [3.63, 3.8) is 0 Å². The van der Waals surface area contributed by atoms with Crippen molar-refractivity contribution < 1.29 is 4.74 Å². The molecule has 30 heavy (non-hydrogen) atoms. The predicted molar refractivity (Wildman–Crippen MR) is 121 cm³/mol. The number of pyridine rings is 1. The summed E-state index contributed by atoms with van der Waals surface area (Å²) in [5.41, 5.74) is 2.87. The molecule has 1 aliphatic heterocycles. The van der Waals surface area contributed by atoms with Gasteiger partial charge in [0.15, 0.2) is 5.82 Å². The first kappa shape index (κ1) is 21.9. The molecule has 0 aromatic carbocycles. The largest absolute Gasteiger partial charge is 0.383 e. The summed E-state index contributed by atoms with van der Waals surface area (Å²) in [6, 6.07) is 3.93. The molecule has 0 aliphatic carbocycles. The first-order chi connectivity index (χ1) is 14.5. The minimum atomic E-state index is 0.0316. The summed E-state index contributed by atoms with van der Waals surface area (Å²) >= 11 is 0. The summed E-state index contributed by atoms with van der Waals surface area (Å²) in [4.78, 5) is 16.3. The zero-order valence-corrected chi connectivity index (χ0v) is 18.2. The smallest absolute Gasteiger partial charge is 0.228 e. The Morgan fingerprint density at radius 2 is 2.03 bits per heavy atom. The van der Waals surface area contributed by atoms with Gasteiger partial charge in [-0.2, -0.15) is 4.98 Å². The van der Waals surface area contributed by atoms with Crippen molar-refractivity contribution in [2.24, 2.45) is 5.92 Å². The molecule has 9 nitrogen and oxygen atoms in total. The van der Waals surface area contributed by atoms with E-state index in [1.54, 1.807) is 7.11 Å². The first-order valence-corrected chi connectivity index (χ1v) is 10.4. The van der Waals surface area contributed by atoms with Crippen molar-refractivity contribution >= 4 is 29.0 Å². The number of methoxy groups -OCH3 is 1. The molecule has 4 N–H and O–H groups in total. The maximum absolute atomic E-state index is 8.69. The Balaban J connectivity index is 2.06. The van der Waals surface area contributed by atoms with Crippen LogP contribution in [0.25, 0.3) is 0 Å². The van der Waals surface area contributed by atoms with Crippen LogP contribution in [-0.2, 0) is 4.74 Å². The number of rotatable bonds is 9. The van der Waals surface area contributed by atoms with Crippen molar-refractivity contribution in [1.29, 1.82) is 5.41 Å². The van der Waals surface area contributed by atoms with E-state index >= 15 is 0 Å². The fraction of sp³-hybridized carbons (Fsp3) is 0.524. The molecule has 0 radical (unpaired) electrons. The molecule has 2 aromatic rings. The third-order valence-corrected chi connectivity index (χ3v) is 4.90. The lowest BCUT2D eigenvalue weighted by molar-refractivity contribution is 0.211. The lowest BCUT2D eigenvalue weighted by atomic mass is 10.0. The summed E-state index contributed by atoms with van der Waals surface area (Å²) < 4.78 is 5.20. The Labute approximate surface area is 178 Å². The van der Waals surface area contributed by atoms with Crippen molar-refractivity contribution in [2.75, 3.05) is 62.0 Å². The minimum Gasteiger partial charge on any atom is -0.383 e. The van der Waals surface area contributed by atoms with Crippen LogP contribution in [0.5, 0.6) is 0 Å². The average molecular weight is 413 g/mol. The van der Waals surface area contributed by atoms with E-state index in [1.807, 2.05) is 39.1 Å². The van der Waals surface area contributed by atoms with Crippen LogP contribution in [0.3, 0.4) is 0 Å². The highest BCUT2D eigenvalue weighted by Gasteiger charge is 2.23. The van der Waals surface area contributed by atoms with Gasteiger partial charge in [0, 0.05) is 46.0 Å². The highest BCUT2D eigenvalue weighted by molar-refractivity contribution is 6.04. The highest BCUT2D eigenvalue weighted by Crippen LogP contribution is 2.30. The van der Waals surface area contributed by atoms with Gasteiger partial charge >= 0.3 is 0 Å². The highest BCUT2D eigenvalue weighted by atomic mass is 16.5. The molecule has 0 bridgehead atoms. The first-order valence-electron chi connectivity index (χ1n) is 10.4. The van der Waals surface area contributed by atoms with Crippen molar-refractivity contribution in [2.45, 2.75) is 20.8 Å². The average Bonchev–Trinajstić information content (AvgIpc) is 2.76. The molecule has 0 amide bonds. The van der Waals surface area contributed by atoms with Crippen LogP contribution in [0.4, 0.5) is 23.3 Å². The fourth-order valence-corrected chi connectivity index (χ4v) is 3.12. The molecule has 0 spiro atoms. The normalized spacial score (nSPS) is 14.1. The van der Waals surface area contributed by atoms with Gasteiger partial charge in [0.2, 0.25) is 5.95 Å². The SMILES string of the molecule is COCCNc1c(Nc2ccc(C)cn2)nc(N2CCNCC2)nc1C(=N)C(C)C. The molecule has 2 aromatic heterocycles. The van der Waals surface area contributed by atoms with Crippen LogP contribution in [0.2, 0.25) is 0 Å². The quantitative estimate of drug-likeness (QED) is 0.367. The van der Waals surface area contributed by atoms with Crippen molar-refractivity contribution in [1.82, 2.24) is 20.3 Å². The Morgan fingerprint density at radius 3 is 2.67 bits per heavy atom. The molecule has 3 rings (SSSR count). The van der Waals surface area contributed by atoms with E-state index in [-0.39, 0.29) is 5.92 Å². The number of aromatic nitrogens is 3. The maximum Gasteiger partial charge on any atom is 0.228 e. The maximum atomic E-state index is 8.69. The van der Waals surface area contributed by atoms with Gasteiger partial charge in [-0.1, -0.05) is 19.9 Å². The van der Waals surface area contributed by atoms with Gasteiger partial charge in [-0.15, -0.1) is 0 Å². The summed E-state index contributed by atoms with van der Waals surface area (Å²) in [5, 5.41) is 18.7. The van der Waals surface area contributed by atoms with Gasteiger partial charge in [0.1, 0.15) is 17.2 Å². The van der Waals surface area contributed by atoms with E-state index in [0.29, 0.717) is 47.8 Å². The fourth-order valence-electron chi connectivity index (χ4n) is 3.12. The zero-order valence-electron chi connectivity index (χ0n) is 18.2. The third kappa shape index (κ3) is 5.43. The number of aryl methyl sites for hydroxylation is 1. The van der Waals surface area contributed by atoms with Gasteiger partial charge in [-0.25, -0.2) is 9.97 Å². The second-order valence-electron chi connectivity index (χ2n) is 7.67. The topological polar surface area (TPSA) is 111 Å². The second kappa shape index (κ2) is 10.3.